The molecular formula is C21H46N4. The average molecular weight is 355 g/mol. The summed E-state index contributed by atoms with van der Waals surface area (Å²) in [7, 11) is 6.37. The Labute approximate surface area is 157 Å². The van der Waals surface area contributed by atoms with E-state index < -0.39 is 0 Å². The molecule has 2 aliphatic heterocycles. The highest BCUT2D eigenvalue weighted by Crippen LogP contribution is 2.36. The molecule has 0 aromatic heterocycles. The Balaban J connectivity index is 0.000000251. The van der Waals surface area contributed by atoms with E-state index in [2.05, 4.69) is 97.4 Å². The first kappa shape index (κ1) is 22.9. The van der Waals surface area contributed by atoms with Crippen LogP contribution in [0.4, 0.5) is 0 Å². The van der Waals surface area contributed by atoms with Crippen molar-refractivity contribution in [3.8, 4) is 0 Å². The Kier molecular flexibility index (Phi) is 7.17. The molecule has 3 N–H and O–H groups in total. The maximum absolute atomic E-state index is 3.66. The molecule has 0 aromatic rings. The van der Waals surface area contributed by atoms with Crippen LogP contribution >= 0.6 is 0 Å². The highest BCUT2D eigenvalue weighted by molar-refractivity contribution is 5.00. The molecule has 25 heavy (non-hydrogen) atoms. The van der Waals surface area contributed by atoms with Crippen LogP contribution in [0.15, 0.2) is 0 Å². The van der Waals surface area contributed by atoms with E-state index in [0.29, 0.717) is 23.2 Å². The maximum Gasteiger partial charge on any atom is 0.0170 e. The van der Waals surface area contributed by atoms with Crippen molar-refractivity contribution in [3.63, 3.8) is 0 Å². The minimum atomic E-state index is 0.273. The summed E-state index contributed by atoms with van der Waals surface area (Å²) in [5.41, 5.74) is 1.18. The highest BCUT2D eigenvalue weighted by Gasteiger charge is 2.42. The highest BCUT2D eigenvalue weighted by atomic mass is 15.2. The van der Waals surface area contributed by atoms with Crippen molar-refractivity contribution in [1.82, 2.24) is 20.9 Å². The molecule has 2 heterocycles. The van der Waals surface area contributed by atoms with Gasteiger partial charge in [0.1, 0.15) is 0 Å². The lowest BCUT2D eigenvalue weighted by Gasteiger charge is -2.53. The lowest BCUT2D eigenvalue weighted by molar-refractivity contribution is -0.0167. The van der Waals surface area contributed by atoms with Gasteiger partial charge in [-0.3, -0.25) is 4.90 Å². The van der Waals surface area contributed by atoms with Gasteiger partial charge in [0.25, 0.3) is 0 Å². The van der Waals surface area contributed by atoms with Gasteiger partial charge < -0.3 is 16.0 Å². The molecule has 2 fully saturated rings. The molecule has 150 valence electrons. The number of hydrogen-bond donors (Lipinski definition) is 3. The first-order valence-corrected chi connectivity index (χ1v) is 10.0. The third-order valence-corrected chi connectivity index (χ3v) is 6.31. The van der Waals surface area contributed by atoms with Crippen molar-refractivity contribution in [2.24, 2.45) is 0 Å². The Morgan fingerprint density at radius 1 is 0.680 bits per heavy atom. The van der Waals surface area contributed by atoms with Crippen molar-refractivity contribution in [2.45, 2.75) is 115 Å². The van der Waals surface area contributed by atoms with E-state index in [4.69, 9.17) is 0 Å². The molecule has 0 unspecified atom stereocenters. The standard InChI is InChI=1S/C11H24N2.C10H22N2/c1-10(2)7-9(12-5)8-11(3,4)13(10)6;1-9(2)6-8(11-5)7-10(3,4)12-9/h9,12H,7-8H2,1-6H3;8,11-12H,6-7H2,1-5H3. The summed E-state index contributed by atoms with van der Waals surface area (Å²) in [5.74, 6) is 0. The number of rotatable bonds is 2. The number of likely N-dealkylation sites (tertiary alicyclic amines) is 1. The summed E-state index contributed by atoms with van der Waals surface area (Å²) in [6, 6.07) is 1.33. The van der Waals surface area contributed by atoms with Crippen LogP contribution in [-0.4, -0.2) is 60.3 Å². The van der Waals surface area contributed by atoms with Crippen LogP contribution in [0.1, 0.15) is 81.1 Å². The van der Waals surface area contributed by atoms with Crippen molar-refractivity contribution < 1.29 is 0 Å². The largest absolute Gasteiger partial charge is 0.317 e. The van der Waals surface area contributed by atoms with Crippen molar-refractivity contribution in [1.29, 1.82) is 0 Å². The van der Waals surface area contributed by atoms with Gasteiger partial charge in [0.05, 0.1) is 0 Å². The summed E-state index contributed by atoms with van der Waals surface area (Å²) in [6.45, 7) is 18.4. The van der Waals surface area contributed by atoms with Gasteiger partial charge in [0.2, 0.25) is 0 Å². The van der Waals surface area contributed by atoms with E-state index in [1.807, 2.05) is 0 Å². The van der Waals surface area contributed by atoms with Gasteiger partial charge in [0.15, 0.2) is 0 Å². The first-order chi connectivity index (χ1) is 11.1. The first-order valence-electron chi connectivity index (χ1n) is 10.0. The second kappa shape index (κ2) is 7.84. The van der Waals surface area contributed by atoms with Crippen molar-refractivity contribution in [3.05, 3.63) is 0 Å². The van der Waals surface area contributed by atoms with E-state index in [-0.39, 0.29) is 11.1 Å². The zero-order chi connectivity index (χ0) is 19.7. The minimum absolute atomic E-state index is 0.273. The smallest absolute Gasteiger partial charge is 0.0170 e. The van der Waals surface area contributed by atoms with Gasteiger partial charge in [-0.1, -0.05) is 0 Å². The third-order valence-electron chi connectivity index (χ3n) is 6.31. The summed E-state index contributed by atoms with van der Waals surface area (Å²) in [6.07, 6.45) is 4.91. The maximum atomic E-state index is 3.66. The molecule has 4 heteroatoms. The zero-order valence-corrected chi connectivity index (χ0v) is 18.9. The summed E-state index contributed by atoms with van der Waals surface area (Å²) in [5, 5.41) is 10.4. The van der Waals surface area contributed by atoms with E-state index in [1.54, 1.807) is 0 Å². The van der Waals surface area contributed by atoms with Crippen LogP contribution < -0.4 is 16.0 Å². The Morgan fingerprint density at radius 2 is 1.00 bits per heavy atom. The fourth-order valence-corrected chi connectivity index (χ4v) is 5.10. The number of nitrogens with one attached hydrogen (secondary N) is 3. The van der Waals surface area contributed by atoms with Gasteiger partial charge in [-0.15, -0.1) is 0 Å². The minimum Gasteiger partial charge on any atom is -0.317 e. The molecule has 0 bridgehead atoms. The van der Waals surface area contributed by atoms with E-state index in [0.717, 1.165) is 0 Å². The van der Waals surface area contributed by atoms with Gasteiger partial charge in [-0.25, -0.2) is 0 Å². The molecule has 0 spiro atoms. The topological polar surface area (TPSA) is 39.3 Å². The summed E-state index contributed by atoms with van der Waals surface area (Å²) in [4.78, 5) is 2.51. The van der Waals surface area contributed by atoms with Crippen molar-refractivity contribution >= 4 is 0 Å². The molecular weight excluding hydrogens is 308 g/mol. The molecule has 2 aliphatic rings. The van der Waals surface area contributed by atoms with Crippen molar-refractivity contribution in [2.75, 3.05) is 21.1 Å². The van der Waals surface area contributed by atoms with E-state index in [1.165, 1.54) is 25.7 Å². The fraction of sp³-hybridized carbons (Fsp3) is 1.00. The van der Waals surface area contributed by atoms with E-state index in [9.17, 15) is 0 Å². The molecule has 0 saturated carbocycles. The Bertz CT molecular complexity index is 392. The van der Waals surface area contributed by atoms with Gasteiger partial charge >= 0.3 is 0 Å². The molecule has 2 rings (SSSR count). The number of nitrogens with zero attached hydrogens (tertiary/aromatic N) is 1. The van der Waals surface area contributed by atoms with Crippen LogP contribution in [0, 0.1) is 0 Å². The monoisotopic (exact) mass is 354 g/mol. The van der Waals surface area contributed by atoms with Crippen LogP contribution in [0.25, 0.3) is 0 Å². The quantitative estimate of drug-likeness (QED) is 0.711. The second-order valence-corrected chi connectivity index (χ2v) is 10.9. The van der Waals surface area contributed by atoms with Gasteiger partial charge in [0, 0.05) is 34.2 Å². The van der Waals surface area contributed by atoms with Crippen LogP contribution in [0.2, 0.25) is 0 Å². The summed E-state index contributed by atoms with van der Waals surface area (Å²) >= 11 is 0. The second-order valence-electron chi connectivity index (χ2n) is 10.9. The molecule has 0 aromatic carbocycles. The molecule has 0 radical (unpaired) electrons. The van der Waals surface area contributed by atoms with Gasteiger partial charge in [-0.2, -0.15) is 0 Å². The molecule has 2 saturated heterocycles. The van der Waals surface area contributed by atoms with Crippen LogP contribution in [0.3, 0.4) is 0 Å². The third kappa shape index (κ3) is 6.50. The Hall–Kier alpha value is -0.160. The molecule has 0 aliphatic carbocycles. The average Bonchev–Trinajstić information content (AvgIpc) is 2.41. The Morgan fingerprint density at radius 3 is 1.32 bits per heavy atom. The van der Waals surface area contributed by atoms with Crippen LogP contribution in [0.5, 0.6) is 0 Å². The zero-order valence-electron chi connectivity index (χ0n) is 18.9. The lowest BCUT2D eigenvalue weighted by Crippen LogP contribution is -2.61. The lowest BCUT2D eigenvalue weighted by atomic mass is 9.77. The fourth-order valence-electron chi connectivity index (χ4n) is 5.10. The molecule has 0 amide bonds. The molecule has 4 nitrogen and oxygen atoms in total. The number of piperidine rings is 2. The van der Waals surface area contributed by atoms with Gasteiger partial charge in [-0.05, 0) is 102 Å². The van der Waals surface area contributed by atoms with E-state index >= 15 is 0 Å². The number of hydrogen-bond acceptors (Lipinski definition) is 4. The SMILES string of the molecule is CNC1CC(C)(C)N(C)C(C)(C)C1.CNC1CC(C)(C)NC(C)(C)C1. The van der Waals surface area contributed by atoms with Crippen LogP contribution in [-0.2, 0) is 0 Å². The predicted octanol–water partition coefficient (Wildman–Crippen LogP) is 3.37. The summed E-state index contributed by atoms with van der Waals surface area (Å²) < 4.78 is 0. The predicted molar refractivity (Wildman–Crippen MR) is 111 cm³/mol. The molecule has 0 atom stereocenters. The normalized spacial score (nSPS) is 28.9.